The van der Waals surface area contributed by atoms with E-state index in [0.29, 0.717) is 17.8 Å². The van der Waals surface area contributed by atoms with Crippen LogP contribution in [0.3, 0.4) is 0 Å². The van der Waals surface area contributed by atoms with E-state index in [0.717, 1.165) is 5.56 Å². The molecule has 0 atom stereocenters. The normalized spacial score (nSPS) is 9.78. The first kappa shape index (κ1) is 11.9. The minimum absolute atomic E-state index is 0.247. The van der Waals surface area contributed by atoms with E-state index in [9.17, 15) is 4.79 Å². The van der Waals surface area contributed by atoms with Crippen LogP contribution in [-0.4, -0.2) is 15.5 Å². The summed E-state index contributed by atoms with van der Waals surface area (Å²) in [5.74, 6) is -0.247. The van der Waals surface area contributed by atoms with Gasteiger partial charge in [-0.2, -0.15) is 5.26 Å². The molecule has 5 nitrogen and oxygen atoms in total. The number of benzene rings is 1. The van der Waals surface area contributed by atoms with E-state index in [-0.39, 0.29) is 5.91 Å². The zero-order valence-electron chi connectivity index (χ0n) is 9.92. The summed E-state index contributed by atoms with van der Waals surface area (Å²) in [7, 11) is 1.81. The molecule has 2 rings (SSSR count). The zero-order valence-corrected chi connectivity index (χ0v) is 9.92. The Kier molecular flexibility index (Phi) is 3.39. The van der Waals surface area contributed by atoms with E-state index in [4.69, 9.17) is 5.26 Å². The number of hydrogen-bond donors (Lipinski definition) is 1. The molecular weight excluding hydrogens is 228 g/mol. The number of rotatable bonds is 3. The van der Waals surface area contributed by atoms with E-state index in [1.54, 1.807) is 36.3 Å². The van der Waals surface area contributed by atoms with Crippen LogP contribution in [0, 0.1) is 11.3 Å². The van der Waals surface area contributed by atoms with Crippen molar-refractivity contribution in [3.05, 3.63) is 48.0 Å². The lowest BCUT2D eigenvalue weighted by atomic mass is 10.1. The summed E-state index contributed by atoms with van der Waals surface area (Å²) >= 11 is 0. The predicted molar refractivity (Wildman–Crippen MR) is 66.9 cm³/mol. The summed E-state index contributed by atoms with van der Waals surface area (Å²) in [5.41, 5.74) is 1.99. The van der Waals surface area contributed by atoms with Crippen molar-refractivity contribution in [2.45, 2.75) is 6.42 Å². The Hall–Kier alpha value is -2.61. The Morgan fingerprint density at radius 3 is 2.72 bits per heavy atom. The van der Waals surface area contributed by atoms with Crippen LogP contribution in [0.4, 0.5) is 5.69 Å². The van der Waals surface area contributed by atoms with E-state index >= 15 is 0 Å². The lowest BCUT2D eigenvalue weighted by Crippen LogP contribution is -2.12. The molecule has 0 spiro atoms. The molecule has 1 aromatic heterocycles. The van der Waals surface area contributed by atoms with E-state index in [1.165, 1.54) is 0 Å². The Labute approximate surface area is 105 Å². The maximum Gasteiger partial charge on any atom is 0.275 e. The number of aryl methyl sites for hydroxylation is 1. The maximum absolute atomic E-state index is 11.8. The third-order valence-corrected chi connectivity index (χ3v) is 2.43. The summed E-state index contributed by atoms with van der Waals surface area (Å²) in [6.07, 6.45) is 3.60. The average Bonchev–Trinajstić information content (AvgIpc) is 2.79. The largest absolute Gasteiger partial charge is 0.340 e. The fourth-order valence-corrected chi connectivity index (χ4v) is 1.52. The van der Waals surface area contributed by atoms with Gasteiger partial charge in [-0.05, 0) is 17.7 Å². The number of aromatic nitrogens is 2. The fourth-order valence-electron chi connectivity index (χ4n) is 1.52. The molecule has 0 radical (unpaired) electrons. The molecule has 0 saturated heterocycles. The summed E-state index contributed by atoms with van der Waals surface area (Å²) in [6.45, 7) is 0. The highest BCUT2D eigenvalue weighted by atomic mass is 16.1. The van der Waals surface area contributed by atoms with Gasteiger partial charge in [-0.15, -0.1) is 0 Å². The average molecular weight is 240 g/mol. The van der Waals surface area contributed by atoms with Crippen LogP contribution in [0.1, 0.15) is 16.1 Å². The molecule has 0 aliphatic heterocycles. The number of hydrogen-bond acceptors (Lipinski definition) is 3. The molecule has 90 valence electrons. The van der Waals surface area contributed by atoms with Crippen LogP contribution in [-0.2, 0) is 13.5 Å². The molecule has 0 aliphatic carbocycles. The SMILES string of the molecule is Cn1cnc(C(=O)Nc2ccc(CC#N)cc2)c1. The third-order valence-electron chi connectivity index (χ3n) is 2.43. The van der Waals surface area contributed by atoms with E-state index in [2.05, 4.69) is 16.4 Å². The number of imidazole rings is 1. The van der Waals surface area contributed by atoms with Crippen LogP contribution < -0.4 is 5.32 Å². The zero-order chi connectivity index (χ0) is 13.0. The van der Waals surface area contributed by atoms with Gasteiger partial charge in [0, 0.05) is 18.9 Å². The van der Waals surface area contributed by atoms with Gasteiger partial charge in [0.1, 0.15) is 5.69 Å². The number of nitriles is 1. The highest BCUT2D eigenvalue weighted by Gasteiger charge is 2.08. The number of carbonyl (C=O) groups excluding carboxylic acids is 1. The smallest absolute Gasteiger partial charge is 0.275 e. The van der Waals surface area contributed by atoms with Gasteiger partial charge in [0.25, 0.3) is 5.91 Å². The topological polar surface area (TPSA) is 70.7 Å². The molecule has 0 aliphatic rings. The molecular formula is C13H12N4O. The highest BCUT2D eigenvalue weighted by molar-refractivity contribution is 6.02. The molecule has 0 unspecified atom stereocenters. The lowest BCUT2D eigenvalue weighted by Gasteiger charge is -2.03. The van der Waals surface area contributed by atoms with Crippen molar-refractivity contribution in [2.24, 2.45) is 7.05 Å². The second-order valence-corrected chi connectivity index (χ2v) is 3.91. The monoisotopic (exact) mass is 240 g/mol. The highest BCUT2D eigenvalue weighted by Crippen LogP contribution is 2.11. The Morgan fingerprint density at radius 1 is 1.44 bits per heavy atom. The van der Waals surface area contributed by atoms with Crippen molar-refractivity contribution >= 4 is 11.6 Å². The standard InChI is InChI=1S/C13H12N4O/c1-17-8-12(15-9-17)13(18)16-11-4-2-10(3-5-11)6-7-14/h2-5,8-9H,6H2,1H3,(H,16,18). The van der Waals surface area contributed by atoms with Crippen LogP contribution in [0.2, 0.25) is 0 Å². The van der Waals surface area contributed by atoms with Crippen molar-refractivity contribution in [1.82, 2.24) is 9.55 Å². The molecule has 1 aromatic carbocycles. The van der Waals surface area contributed by atoms with Crippen LogP contribution >= 0.6 is 0 Å². The third kappa shape index (κ3) is 2.74. The first-order valence-corrected chi connectivity index (χ1v) is 5.44. The summed E-state index contributed by atoms with van der Waals surface area (Å²) in [6, 6.07) is 9.25. The fraction of sp³-hybridized carbons (Fsp3) is 0.154. The van der Waals surface area contributed by atoms with Gasteiger partial charge < -0.3 is 9.88 Å². The maximum atomic E-state index is 11.8. The van der Waals surface area contributed by atoms with E-state index < -0.39 is 0 Å². The summed E-state index contributed by atoms with van der Waals surface area (Å²) < 4.78 is 1.71. The van der Waals surface area contributed by atoms with Gasteiger partial charge in [-0.1, -0.05) is 12.1 Å². The number of nitrogens with zero attached hydrogens (tertiary/aromatic N) is 3. The molecule has 18 heavy (non-hydrogen) atoms. The summed E-state index contributed by atoms with van der Waals surface area (Å²) in [5, 5.41) is 11.3. The molecule has 0 bridgehead atoms. The van der Waals surface area contributed by atoms with Crippen molar-refractivity contribution in [2.75, 3.05) is 5.32 Å². The summed E-state index contributed by atoms with van der Waals surface area (Å²) in [4.78, 5) is 15.8. The lowest BCUT2D eigenvalue weighted by molar-refractivity contribution is 0.102. The van der Waals surface area contributed by atoms with Gasteiger partial charge in [0.15, 0.2) is 0 Å². The quantitative estimate of drug-likeness (QED) is 0.888. The molecule has 0 saturated carbocycles. The first-order valence-electron chi connectivity index (χ1n) is 5.44. The van der Waals surface area contributed by atoms with Crippen LogP contribution in [0.25, 0.3) is 0 Å². The predicted octanol–water partition coefficient (Wildman–Crippen LogP) is 1.74. The van der Waals surface area contributed by atoms with Gasteiger partial charge in [0.2, 0.25) is 0 Å². The second kappa shape index (κ2) is 5.15. The first-order chi connectivity index (χ1) is 8.69. The Balaban J connectivity index is 2.05. The van der Waals surface area contributed by atoms with Crippen molar-refractivity contribution in [1.29, 1.82) is 5.26 Å². The molecule has 1 amide bonds. The second-order valence-electron chi connectivity index (χ2n) is 3.91. The number of anilines is 1. The van der Waals surface area contributed by atoms with Gasteiger partial charge >= 0.3 is 0 Å². The molecule has 5 heteroatoms. The molecule has 1 N–H and O–H groups in total. The molecule has 0 fully saturated rings. The minimum Gasteiger partial charge on any atom is -0.340 e. The van der Waals surface area contributed by atoms with Gasteiger partial charge in [-0.25, -0.2) is 4.98 Å². The van der Waals surface area contributed by atoms with Gasteiger partial charge in [-0.3, -0.25) is 4.79 Å². The van der Waals surface area contributed by atoms with Crippen molar-refractivity contribution < 1.29 is 4.79 Å². The van der Waals surface area contributed by atoms with E-state index in [1.807, 2.05) is 12.1 Å². The number of carbonyl (C=O) groups is 1. The Bertz CT molecular complexity index is 592. The van der Waals surface area contributed by atoms with Crippen molar-refractivity contribution in [3.8, 4) is 6.07 Å². The van der Waals surface area contributed by atoms with Crippen LogP contribution in [0.15, 0.2) is 36.8 Å². The Morgan fingerprint density at radius 2 is 2.17 bits per heavy atom. The van der Waals surface area contributed by atoms with Crippen LogP contribution in [0.5, 0.6) is 0 Å². The molecule has 1 heterocycles. The molecule has 2 aromatic rings. The minimum atomic E-state index is -0.247. The number of nitrogens with one attached hydrogen (secondary N) is 1. The van der Waals surface area contributed by atoms with Crippen molar-refractivity contribution in [3.63, 3.8) is 0 Å². The number of amides is 1. The van der Waals surface area contributed by atoms with Gasteiger partial charge in [0.05, 0.1) is 18.8 Å².